The van der Waals surface area contributed by atoms with E-state index in [1.165, 1.54) is 19.2 Å². The normalized spacial score (nSPS) is 17.6. The Hall–Kier alpha value is -7.32. The number of primary amides is 1. The molecule has 10 amide bonds. The second-order valence-electron chi connectivity index (χ2n) is 22.5. The van der Waals surface area contributed by atoms with Crippen molar-refractivity contribution in [2.45, 2.75) is 175 Å². The van der Waals surface area contributed by atoms with Crippen molar-refractivity contribution >= 4 is 82.3 Å². The first-order chi connectivity index (χ1) is 39.7. The molecule has 0 unspecified atom stereocenters. The summed E-state index contributed by atoms with van der Waals surface area (Å²) in [5.41, 5.74) is 12.0. The summed E-state index contributed by atoms with van der Waals surface area (Å²) < 4.78 is 5.90. The number of amides is 10. The molecule has 1 saturated heterocycles. The number of urea groups is 1. The van der Waals surface area contributed by atoms with Crippen LogP contribution in [0.1, 0.15) is 147 Å². The second kappa shape index (κ2) is 33.2. The van der Waals surface area contributed by atoms with Crippen LogP contribution in [-0.4, -0.2) is 166 Å². The summed E-state index contributed by atoms with van der Waals surface area (Å²) in [6.45, 7) is 16.7. The van der Waals surface area contributed by atoms with Crippen LogP contribution in [0.15, 0.2) is 41.8 Å². The van der Waals surface area contributed by atoms with Gasteiger partial charge in [0.2, 0.25) is 29.5 Å². The maximum atomic E-state index is 14.8. The first kappa shape index (κ1) is 69.2. The van der Waals surface area contributed by atoms with Crippen molar-refractivity contribution < 1.29 is 62.6 Å². The van der Waals surface area contributed by atoms with Crippen LogP contribution in [0.5, 0.6) is 0 Å². The fourth-order valence-electron chi connectivity index (χ4n) is 10.2. The number of imide groups is 1. The Morgan fingerprint density at radius 3 is 2.08 bits per heavy atom. The molecule has 0 bridgehead atoms. The number of esters is 1. The van der Waals surface area contributed by atoms with Crippen LogP contribution >= 0.6 is 11.3 Å². The summed E-state index contributed by atoms with van der Waals surface area (Å²) in [6, 6.07) is -0.520. The number of aromatic nitrogens is 1. The van der Waals surface area contributed by atoms with E-state index < -0.39 is 114 Å². The average Bonchev–Trinajstić information content (AvgIpc) is 4.18. The van der Waals surface area contributed by atoms with Crippen LogP contribution in [0, 0.1) is 23.7 Å². The van der Waals surface area contributed by atoms with E-state index in [1.807, 2.05) is 46.6 Å². The lowest BCUT2D eigenvalue weighted by Crippen LogP contribution is -2.60. The van der Waals surface area contributed by atoms with Gasteiger partial charge in [-0.25, -0.2) is 9.78 Å². The van der Waals surface area contributed by atoms with E-state index in [1.54, 1.807) is 43.0 Å². The van der Waals surface area contributed by atoms with E-state index in [9.17, 15) is 57.8 Å². The van der Waals surface area contributed by atoms with Crippen molar-refractivity contribution in [1.29, 1.82) is 0 Å². The predicted octanol–water partition coefficient (Wildman–Crippen LogP) is 3.13. The summed E-state index contributed by atoms with van der Waals surface area (Å²) in [5.74, 6) is -8.22. The van der Waals surface area contributed by atoms with E-state index >= 15 is 0 Å². The first-order valence-corrected chi connectivity index (χ1v) is 29.9. The Morgan fingerprint density at radius 2 is 1.52 bits per heavy atom. The molecule has 26 heteroatoms. The van der Waals surface area contributed by atoms with Crippen molar-refractivity contribution in [3.05, 3.63) is 58.1 Å². The average molecular weight is 1190 g/mol. The number of hydrogen-bond acceptors (Lipinski definition) is 16. The molecule has 1 aromatic heterocycles. The summed E-state index contributed by atoms with van der Waals surface area (Å²) in [6.07, 6.45) is 5.42. The van der Waals surface area contributed by atoms with Crippen molar-refractivity contribution in [2.24, 2.45) is 35.1 Å². The Morgan fingerprint density at radius 1 is 0.857 bits per heavy atom. The highest BCUT2D eigenvalue weighted by molar-refractivity contribution is 7.09. The number of thiazole rings is 1. The molecule has 0 radical (unpaired) electrons. The molecule has 2 aromatic rings. The minimum Gasteiger partial charge on any atom is -0.481 e. The molecule has 4 rings (SSSR count). The number of nitrogens with one attached hydrogen (secondary N) is 6. The molecule has 0 aliphatic carbocycles. The maximum absolute atomic E-state index is 14.8. The van der Waals surface area contributed by atoms with Crippen molar-refractivity contribution in [2.75, 3.05) is 38.5 Å². The number of nitrogens with two attached hydrogens (primary N) is 2. The molecule has 11 N–H and O–H groups in total. The smallest absolute Gasteiger partial charge is 0.312 e. The van der Waals surface area contributed by atoms with Crippen LogP contribution in [0.4, 0.5) is 10.5 Å². The molecule has 3 heterocycles. The molecule has 2 aliphatic rings. The summed E-state index contributed by atoms with van der Waals surface area (Å²) in [7, 11) is 1.92. The summed E-state index contributed by atoms with van der Waals surface area (Å²) in [5, 5.41) is 28.3. The zero-order valence-electron chi connectivity index (χ0n) is 50.1. The molecule has 25 nitrogen and oxygen atoms in total. The van der Waals surface area contributed by atoms with Gasteiger partial charge in [0, 0.05) is 68.3 Å². The standard InChI is InChI=1S/C58H88N12O13S/c1-11-25-69(56(79)49(34(7)12-2)67-52(76)42-17-13-14-26-68(42)10)43(32(3)4)29-45(83-36(9)71)55-65-41(31-84-55)51(75)63-39(27-35(8)57(80)81)28-37-18-20-38(21-19-37)62-50(74)40(16-15-24-61-58(60)82)64-54(78)48(33(5)6)66-53(77)44(30-59)70-46(72)22-23-47(70)73/h18-23,31-35,39-40,42-45,48-49H,11-17,24-30,59H2,1-10H3,(H,62,74)(H,63,75)(H,64,78)(H,66,77)(H,67,76)(H,80,81)(H3,60,61,82)/t34-,35-,39+,40-,42+,43+,44-,45+,48-,49-/m0/s1. The number of anilines is 1. The number of nitrogens with zero attached hydrogens (tertiary/aromatic N) is 4. The number of carboxylic acids is 1. The quantitative estimate of drug-likeness (QED) is 0.0282. The lowest BCUT2D eigenvalue weighted by Gasteiger charge is -2.40. The number of hydrogen-bond donors (Lipinski definition) is 9. The van der Waals surface area contributed by atoms with Gasteiger partial charge in [-0.1, -0.05) is 80.4 Å². The second-order valence-corrected chi connectivity index (χ2v) is 23.4. The molecule has 0 saturated carbocycles. The van der Waals surface area contributed by atoms with Crippen LogP contribution in [0.25, 0.3) is 0 Å². The molecular weight excluding hydrogens is 1100 g/mol. The number of aliphatic carboxylic acids is 1. The topological polar surface area (TPSA) is 364 Å². The van der Waals surface area contributed by atoms with E-state index in [4.69, 9.17) is 16.2 Å². The first-order valence-electron chi connectivity index (χ1n) is 29.0. The highest BCUT2D eigenvalue weighted by atomic mass is 32.1. The van der Waals surface area contributed by atoms with Gasteiger partial charge >= 0.3 is 18.0 Å². The van der Waals surface area contributed by atoms with Gasteiger partial charge in [0.05, 0.1) is 12.0 Å². The van der Waals surface area contributed by atoms with E-state index in [-0.39, 0.29) is 74.0 Å². The summed E-state index contributed by atoms with van der Waals surface area (Å²) in [4.78, 5) is 154. The Balaban J connectivity index is 1.52. The van der Waals surface area contributed by atoms with Gasteiger partial charge in [-0.15, -0.1) is 11.3 Å². The Labute approximate surface area is 495 Å². The maximum Gasteiger partial charge on any atom is 0.312 e. The van der Waals surface area contributed by atoms with Gasteiger partial charge in [0.15, 0.2) is 6.10 Å². The fourth-order valence-corrected chi connectivity index (χ4v) is 11.1. The van der Waals surface area contributed by atoms with Crippen molar-refractivity contribution in [3.63, 3.8) is 0 Å². The minimum atomic E-state index is -1.41. The highest BCUT2D eigenvalue weighted by Gasteiger charge is 2.40. The van der Waals surface area contributed by atoms with Gasteiger partial charge in [0.25, 0.3) is 17.7 Å². The van der Waals surface area contributed by atoms with Gasteiger partial charge in [0.1, 0.15) is 34.9 Å². The molecule has 464 valence electrons. The monoisotopic (exact) mass is 1190 g/mol. The molecular formula is C58H88N12O13S. The van der Waals surface area contributed by atoms with Gasteiger partial charge < -0.3 is 58.1 Å². The van der Waals surface area contributed by atoms with Crippen LogP contribution in [0.3, 0.4) is 0 Å². The molecule has 0 spiro atoms. The number of likely N-dealkylation sites (tertiary alicyclic amines) is 1. The molecule has 84 heavy (non-hydrogen) atoms. The highest BCUT2D eigenvalue weighted by Crippen LogP contribution is 2.32. The van der Waals surface area contributed by atoms with E-state index in [0.717, 1.165) is 42.9 Å². The predicted molar refractivity (Wildman–Crippen MR) is 314 cm³/mol. The lowest BCUT2D eigenvalue weighted by atomic mass is 9.92. The third-order valence-corrected chi connectivity index (χ3v) is 16.1. The molecule has 2 aliphatic heterocycles. The van der Waals surface area contributed by atoms with E-state index in [2.05, 4.69) is 36.9 Å². The number of carbonyl (C=O) groups is 11. The number of rotatable bonds is 33. The van der Waals surface area contributed by atoms with Crippen LogP contribution in [-0.2, 0) is 54.3 Å². The van der Waals surface area contributed by atoms with E-state index in [0.29, 0.717) is 47.0 Å². The SMILES string of the molecule is CCCN(C(=O)[C@@H](NC(=O)[C@H]1CCCCN1C)[C@@H](C)CC)[C@H](C[C@@H](OC(C)=O)c1nc(C(=O)N[C@@H](Cc2ccc(NC(=O)[C@H](CCCNC(N)=O)NC(=O)[C@@H](NC(=O)[C@H](CN)N3C(=O)C=CC3=O)C(C)C)cc2)C[C@H](C)C(=O)O)cs1)C(C)C. The number of benzene rings is 1. The molecule has 1 aromatic carbocycles. The van der Waals surface area contributed by atoms with Crippen LogP contribution < -0.4 is 43.4 Å². The Kier molecular flexibility index (Phi) is 27.4. The zero-order chi connectivity index (χ0) is 62.5. The number of carboxylic acid groups (broad SMARTS) is 1. The van der Waals surface area contributed by atoms with Gasteiger partial charge in [-0.05, 0) is 94.0 Å². The minimum absolute atomic E-state index is 0.00508. The number of carbonyl (C=O) groups excluding carboxylic acids is 10. The Bertz CT molecular complexity index is 2650. The third kappa shape index (κ3) is 20.2. The molecule has 10 atom stereocenters. The third-order valence-electron chi connectivity index (χ3n) is 15.2. The van der Waals surface area contributed by atoms with Gasteiger partial charge in [-0.2, -0.15) is 0 Å². The number of ether oxygens (including phenoxy) is 1. The molecule has 1 fully saturated rings. The van der Waals surface area contributed by atoms with Crippen molar-refractivity contribution in [3.8, 4) is 0 Å². The number of piperidine rings is 1. The van der Waals surface area contributed by atoms with Crippen molar-refractivity contribution in [1.82, 2.24) is 46.3 Å². The largest absolute Gasteiger partial charge is 0.481 e. The van der Waals surface area contributed by atoms with Crippen LogP contribution in [0.2, 0.25) is 0 Å². The lowest BCUT2D eigenvalue weighted by molar-refractivity contribution is -0.150. The zero-order valence-corrected chi connectivity index (χ0v) is 50.9. The number of likely N-dealkylation sites (N-methyl/N-ethyl adjacent to an activating group) is 1. The van der Waals surface area contributed by atoms with Gasteiger partial charge in [-0.3, -0.25) is 57.7 Å². The fraction of sp³-hybridized carbons (Fsp3) is 0.621. The summed E-state index contributed by atoms with van der Waals surface area (Å²) >= 11 is 1.10.